The van der Waals surface area contributed by atoms with Gasteiger partial charge >= 0.3 is 6.03 Å². The fourth-order valence-electron chi connectivity index (χ4n) is 3.44. The lowest BCUT2D eigenvalue weighted by molar-refractivity contribution is -0.133. The fraction of sp³-hybridized carbons (Fsp3) is 0.348. The zero-order valence-corrected chi connectivity index (χ0v) is 17.5. The first-order valence-electron chi connectivity index (χ1n) is 9.73. The van der Waals surface area contributed by atoms with Crippen LogP contribution < -0.4 is 10.6 Å². The van der Waals surface area contributed by atoms with E-state index in [1.165, 1.54) is 0 Å². The third kappa shape index (κ3) is 4.01. The van der Waals surface area contributed by atoms with E-state index in [4.69, 9.17) is 0 Å². The van der Waals surface area contributed by atoms with Crippen LogP contribution in [0, 0.1) is 13.8 Å². The van der Waals surface area contributed by atoms with Crippen molar-refractivity contribution in [3.63, 3.8) is 0 Å². The largest absolute Gasteiger partial charge is 0.325 e. The Morgan fingerprint density at radius 3 is 2.38 bits per heavy atom. The number of imide groups is 1. The number of hydrogen-bond donors (Lipinski definition) is 2. The monoisotopic (exact) mass is 393 g/mol. The Morgan fingerprint density at radius 1 is 1.10 bits per heavy atom. The van der Waals surface area contributed by atoms with Crippen molar-refractivity contribution in [3.05, 3.63) is 64.7 Å². The molecule has 3 rings (SSSR count). The summed E-state index contributed by atoms with van der Waals surface area (Å²) >= 11 is 0. The highest BCUT2D eigenvalue weighted by Crippen LogP contribution is 2.30. The molecule has 1 heterocycles. The summed E-state index contributed by atoms with van der Waals surface area (Å²) in [7, 11) is 0. The Balaban J connectivity index is 1.76. The highest BCUT2D eigenvalue weighted by atomic mass is 16.2. The minimum atomic E-state index is -1.19. The third-order valence-corrected chi connectivity index (χ3v) is 5.40. The van der Waals surface area contributed by atoms with Crippen molar-refractivity contribution in [1.82, 2.24) is 10.2 Å². The van der Waals surface area contributed by atoms with Gasteiger partial charge in [0.2, 0.25) is 5.91 Å². The van der Waals surface area contributed by atoms with Gasteiger partial charge in [-0.3, -0.25) is 14.5 Å². The molecule has 0 bridgehead atoms. The van der Waals surface area contributed by atoms with Crippen LogP contribution in [0.2, 0.25) is 0 Å². The van der Waals surface area contributed by atoms with Crippen molar-refractivity contribution in [3.8, 4) is 0 Å². The van der Waals surface area contributed by atoms with Gasteiger partial charge in [-0.1, -0.05) is 50.2 Å². The first-order chi connectivity index (χ1) is 13.6. The molecule has 1 aliphatic rings. The number of carbonyl (C=O) groups is 3. The maximum atomic E-state index is 13.0. The number of aryl methyl sites for hydroxylation is 2. The average molecular weight is 393 g/mol. The molecular weight excluding hydrogens is 366 g/mol. The third-order valence-electron chi connectivity index (χ3n) is 5.40. The first kappa shape index (κ1) is 20.6. The predicted octanol–water partition coefficient (Wildman–Crippen LogP) is 3.83. The molecule has 152 valence electrons. The molecule has 6 heteroatoms. The number of rotatable bonds is 5. The fourth-order valence-corrected chi connectivity index (χ4v) is 3.44. The molecule has 0 saturated carbocycles. The van der Waals surface area contributed by atoms with E-state index in [0.717, 1.165) is 21.6 Å². The molecule has 2 N–H and O–H groups in total. The molecule has 0 radical (unpaired) electrons. The number of nitrogens with one attached hydrogen (secondary N) is 2. The lowest BCUT2D eigenvalue weighted by Gasteiger charge is -2.23. The van der Waals surface area contributed by atoms with Gasteiger partial charge in [0.15, 0.2) is 0 Å². The molecule has 1 atom stereocenters. The van der Waals surface area contributed by atoms with Crippen LogP contribution in [0.1, 0.15) is 48.9 Å². The number of hydrogen-bond acceptors (Lipinski definition) is 3. The molecule has 4 amide bonds. The van der Waals surface area contributed by atoms with Crippen molar-refractivity contribution in [2.75, 3.05) is 11.9 Å². The van der Waals surface area contributed by atoms with Crippen molar-refractivity contribution in [2.45, 2.75) is 46.1 Å². The van der Waals surface area contributed by atoms with E-state index in [1.54, 1.807) is 6.92 Å². The Hall–Kier alpha value is -3.15. The molecule has 0 aromatic heterocycles. The molecule has 2 aromatic carbocycles. The Kier molecular flexibility index (Phi) is 5.46. The van der Waals surface area contributed by atoms with E-state index in [1.807, 2.05) is 56.3 Å². The molecule has 1 fully saturated rings. The zero-order valence-electron chi connectivity index (χ0n) is 17.5. The summed E-state index contributed by atoms with van der Waals surface area (Å²) in [6.45, 7) is 9.34. The first-order valence-corrected chi connectivity index (χ1v) is 9.73. The van der Waals surface area contributed by atoms with E-state index in [-0.39, 0.29) is 6.54 Å². The minimum Gasteiger partial charge on any atom is -0.324 e. The van der Waals surface area contributed by atoms with Crippen LogP contribution in [0.4, 0.5) is 10.5 Å². The summed E-state index contributed by atoms with van der Waals surface area (Å²) in [6.07, 6.45) is 0. The maximum Gasteiger partial charge on any atom is 0.325 e. The van der Waals surface area contributed by atoms with E-state index in [9.17, 15) is 14.4 Å². The van der Waals surface area contributed by atoms with Gasteiger partial charge in [-0.15, -0.1) is 0 Å². The molecule has 1 aliphatic heterocycles. The molecule has 29 heavy (non-hydrogen) atoms. The van der Waals surface area contributed by atoms with E-state index >= 15 is 0 Å². The second-order valence-corrected chi connectivity index (χ2v) is 8.09. The number of nitrogens with zero attached hydrogens (tertiary/aromatic N) is 1. The van der Waals surface area contributed by atoms with Gasteiger partial charge in [0.05, 0.1) is 0 Å². The van der Waals surface area contributed by atoms with Gasteiger partial charge in [-0.25, -0.2) is 4.79 Å². The Bertz CT molecular complexity index is 966. The maximum absolute atomic E-state index is 13.0. The zero-order chi connectivity index (χ0) is 21.3. The smallest absolute Gasteiger partial charge is 0.324 e. The SMILES string of the molecule is Cc1ccc(C)c(NC(=O)CN2C(=O)NC(C)(c3ccc(C(C)C)cc3)C2=O)c1. The number of urea groups is 1. The summed E-state index contributed by atoms with van der Waals surface area (Å²) in [4.78, 5) is 39.0. The van der Waals surface area contributed by atoms with E-state index in [0.29, 0.717) is 17.2 Å². The molecular formula is C23H27N3O3. The Labute approximate surface area is 171 Å². The molecule has 6 nitrogen and oxygen atoms in total. The van der Waals surface area contributed by atoms with E-state index in [2.05, 4.69) is 24.5 Å². The molecule has 0 spiro atoms. The van der Waals surface area contributed by atoms with Crippen LogP contribution in [-0.2, 0) is 15.1 Å². The number of anilines is 1. The lowest BCUT2D eigenvalue weighted by Crippen LogP contribution is -2.42. The molecule has 2 aromatic rings. The van der Waals surface area contributed by atoms with Crippen molar-refractivity contribution in [2.24, 2.45) is 0 Å². The van der Waals surface area contributed by atoms with Gasteiger partial charge < -0.3 is 10.6 Å². The van der Waals surface area contributed by atoms with Crippen LogP contribution in [-0.4, -0.2) is 29.3 Å². The van der Waals surface area contributed by atoms with Gasteiger partial charge in [-0.05, 0) is 55.0 Å². The van der Waals surface area contributed by atoms with Gasteiger partial charge in [0.25, 0.3) is 5.91 Å². The lowest BCUT2D eigenvalue weighted by atomic mass is 9.90. The van der Waals surface area contributed by atoms with Gasteiger partial charge in [0.1, 0.15) is 12.1 Å². The topological polar surface area (TPSA) is 78.5 Å². The molecule has 1 saturated heterocycles. The highest BCUT2D eigenvalue weighted by molar-refractivity contribution is 6.10. The van der Waals surface area contributed by atoms with Gasteiger partial charge in [-0.2, -0.15) is 0 Å². The van der Waals surface area contributed by atoms with Gasteiger partial charge in [0, 0.05) is 5.69 Å². The average Bonchev–Trinajstić information content (AvgIpc) is 2.89. The van der Waals surface area contributed by atoms with Crippen LogP contribution >= 0.6 is 0 Å². The van der Waals surface area contributed by atoms with Crippen LogP contribution in [0.15, 0.2) is 42.5 Å². The van der Waals surface area contributed by atoms with Crippen LogP contribution in [0.3, 0.4) is 0 Å². The second kappa shape index (κ2) is 7.70. The molecule has 1 unspecified atom stereocenters. The molecule has 0 aliphatic carbocycles. The Morgan fingerprint density at radius 2 is 1.76 bits per heavy atom. The van der Waals surface area contributed by atoms with Crippen molar-refractivity contribution >= 4 is 23.5 Å². The summed E-state index contributed by atoms with van der Waals surface area (Å²) in [6, 6.07) is 12.8. The van der Waals surface area contributed by atoms with Crippen molar-refractivity contribution < 1.29 is 14.4 Å². The number of amides is 4. The minimum absolute atomic E-state index is 0.336. The second-order valence-electron chi connectivity index (χ2n) is 8.09. The predicted molar refractivity (Wildman–Crippen MR) is 113 cm³/mol. The van der Waals surface area contributed by atoms with Crippen LogP contribution in [0.5, 0.6) is 0 Å². The number of carbonyl (C=O) groups excluding carboxylic acids is 3. The van der Waals surface area contributed by atoms with Crippen LogP contribution in [0.25, 0.3) is 0 Å². The normalized spacial score (nSPS) is 18.9. The quantitative estimate of drug-likeness (QED) is 0.758. The standard InChI is InChI=1S/C23H27N3O3/c1-14(2)17-8-10-18(11-9-17)23(5)21(28)26(22(29)25-23)13-20(27)24-19-12-15(3)6-7-16(19)4/h6-12,14H,13H2,1-5H3,(H,24,27)(H,25,29). The summed E-state index contributed by atoms with van der Waals surface area (Å²) < 4.78 is 0. The summed E-state index contributed by atoms with van der Waals surface area (Å²) in [5.41, 5.74) is 3.26. The number of benzene rings is 2. The summed E-state index contributed by atoms with van der Waals surface area (Å²) in [5, 5.41) is 5.54. The van der Waals surface area contributed by atoms with Crippen molar-refractivity contribution in [1.29, 1.82) is 0 Å². The highest BCUT2D eigenvalue weighted by Gasteiger charge is 2.49. The van der Waals surface area contributed by atoms with E-state index < -0.39 is 23.4 Å². The summed E-state index contributed by atoms with van der Waals surface area (Å²) in [5.74, 6) is -0.478.